The largest absolute Gasteiger partial charge is 0.462 e. The molecule has 0 spiro atoms. The van der Waals surface area contributed by atoms with Gasteiger partial charge in [-0.05, 0) is 81.3 Å². The molecular formula is C29H32N2O4S2. The van der Waals surface area contributed by atoms with Crippen molar-refractivity contribution in [3.63, 3.8) is 0 Å². The van der Waals surface area contributed by atoms with E-state index in [-0.39, 0.29) is 24.4 Å². The Bertz CT molecular complexity index is 1320. The zero-order valence-electron chi connectivity index (χ0n) is 21.6. The van der Waals surface area contributed by atoms with Crippen LogP contribution in [0.15, 0.2) is 53.4 Å². The van der Waals surface area contributed by atoms with E-state index in [9.17, 15) is 14.4 Å². The lowest BCUT2D eigenvalue weighted by Crippen LogP contribution is -2.23. The smallest absolute Gasteiger partial charge is 0.341 e. The van der Waals surface area contributed by atoms with Crippen molar-refractivity contribution in [1.82, 2.24) is 0 Å². The highest BCUT2D eigenvalue weighted by molar-refractivity contribution is 8.00. The van der Waals surface area contributed by atoms with E-state index in [1.165, 1.54) is 23.1 Å². The molecule has 0 fully saturated rings. The average Bonchev–Trinajstić information content (AvgIpc) is 3.21. The van der Waals surface area contributed by atoms with Crippen LogP contribution in [0.3, 0.4) is 0 Å². The van der Waals surface area contributed by atoms with Crippen molar-refractivity contribution < 1.29 is 19.1 Å². The monoisotopic (exact) mass is 536 g/mol. The topological polar surface area (TPSA) is 84.5 Å². The van der Waals surface area contributed by atoms with Gasteiger partial charge < -0.3 is 15.4 Å². The van der Waals surface area contributed by atoms with Crippen LogP contribution < -0.4 is 10.6 Å². The van der Waals surface area contributed by atoms with Crippen molar-refractivity contribution in [2.24, 2.45) is 5.92 Å². The number of amides is 2. The second-order valence-corrected chi connectivity index (χ2v) is 11.8. The quantitative estimate of drug-likeness (QED) is 0.246. The zero-order chi connectivity index (χ0) is 26.5. The second kappa shape index (κ2) is 12.0. The summed E-state index contributed by atoms with van der Waals surface area (Å²) < 4.78 is 5.32. The van der Waals surface area contributed by atoms with Crippen LogP contribution in [-0.2, 0) is 22.4 Å². The zero-order valence-corrected chi connectivity index (χ0v) is 23.2. The molecule has 194 valence electrons. The molecule has 1 aliphatic carbocycles. The number of benzene rings is 2. The van der Waals surface area contributed by atoms with Crippen LogP contribution in [0.25, 0.3) is 0 Å². The Morgan fingerprint density at radius 3 is 2.68 bits per heavy atom. The molecule has 0 aliphatic heterocycles. The number of fused-ring (bicyclic) bond motifs is 1. The highest BCUT2D eigenvalue weighted by Crippen LogP contribution is 2.40. The summed E-state index contributed by atoms with van der Waals surface area (Å²) in [4.78, 5) is 40.6. The molecule has 37 heavy (non-hydrogen) atoms. The first-order valence-electron chi connectivity index (χ1n) is 12.5. The minimum Gasteiger partial charge on any atom is -0.462 e. The van der Waals surface area contributed by atoms with Crippen molar-refractivity contribution in [3.8, 4) is 0 Å². The number of thiophene rings is 1. The predicted octanol–water partition coefficient (Wildman–Crippen LogP) is 6.73. The van der Waals surface area contributed by atoms with Crippen LogP contribution in [0.5, 0.6) is 0 Å². The van der Waals surface area contributed by atoms with Crippen LogP contribution in [-0.4, -0.2) is 29.6 Å². The van der Waals surface area contributed by atoms with Gasteiger partial charge in [0.2, 0.25) is 5.91 Å². The van der Waals surface area contributed by atoms with E-state index in [0.717, 1.165) is 40.2 Å². The maximum Gasteiger partial charge on any atom is 0.341 e. The van der Waals surface area contributed by atoms with Gasteiger partial charge in [-0.25, -0.2) is 4.79 Å². The predicted molar refractivity (Wildman–Crippen MR) is 151 cm³/mol. The molecule has 2 atom stereocenters. The summed E-state index contributed by atoms with van der Waals surface area (Å²) in [6, 6.07) is 14.9. The number of ether oxygens (including phenoxy) is 1. The fourth-order valence-corrected chi connectivity index (χ4v) is 6.73. The Kier molecular flexibility index (Phi) is 8.71. The number of nitrogens with one attached hydrogen (secondary N) is 2. The van der Waals surface area contributed by atoms with Gasteiger partial charge in [0.1, 0.15) is 5.00 Å². The van der Waals surface area contributed by atoms with Crippen LogP contribution >= 0.6 is 23.1 Å². The normalized spacial score (nSPS) is 15.4. The molecule has 1 aliphatic rings. The van der Waals surface area contributed by atoms with Gasteiger partial charge in [0.25, 0.3) is 5.91 Å². The standard InChI is InChI=1S/C29H32N2O4S2/c1-5-35-29(34)25-23-14-13-17(2)15-24(23)37-28(25)31-26(32)19(4)36-21-11-8-10-20(16-21)30-27(33)22-12-7-6-9-18(22)3/h6-12,16-17,19H,5,13-15H2,1-4H3,(H,30,33)(H,31,32). The fraction of sp³-hybridized carbons (Fsp3) is 0.345. The number of carbonyl (C=O) groups excluding carboxylic acids is 3. The molecule has 1 aromatic heterocycles. The SMILES string of the molecule is CCOC(=O)c1c(NC(=O)C(C)Sc2cccc(NC(=O)c3ccccc3C)c2)sc2c1CCC(C)C2. The summed E-state index contributed by atoms with van der Waals surface area (Å²) in [5.41, 5.74) is 3.73. The Labute approximate surface area is 226 Å². The minimum atomic E-state index is -0.421. The van der Waals surface area contributed by atoms with Crippen LogP contribution in [0.1, 0.15) is 63.9 Å². The van der Waals surface area contributed by atoms with E-state index in [2.05, 4.69) is 17.6 Å². The summed E-state index contributed by atoms with van der Waals surface area (Å²) in [5, 5.41) is 6.10. The molecule has 0 saturated carbocycles. The van der Waals surface area contributed by atoms with Crippen molar-refractivity contribution in [1.29, 1.82) is 0 Å². The van der Waals surface area contributed by atoms with E-state index in [1.807, 2.05) is 56.3 Å². The fourth-order valence-electron chi connectivity index (χ4n) is 4.40. The molecule has 0 saturated heterocycles. The molecule has 2 unspecified atom stereocenters. The molecule has 1 heterocycles. The highest BCUT2D eigenvalue weighted by atomic mass is 32.2. The number of carbonyl (C=O) groups is 3. The molecule has 2 aromatic carbocycles. The van der Waals surface area contributed by atoms with E-state index in [1.54, 1.807) is 13.0 Å². The Balaban J connectivity index is 1.45. The number of hydrogen-bond donors (Lipinski definition) is 2. The van der Waals surface area contributed by atoms with Crippen LogP contribution in [0.2, 0.25) is 0 Å². The lowest BCUT2D eigenvalue weighted by molar-refractivity contribution is -0.115. The number of thioether (sulfide) groups is 1. The van der Waals surface area contributed by atoms with Gasteiger partial charge in [-0.1, -0.05) is 31.2 Å². The van der Waals surface area contributed by atoms with Crippen molar-refractivity contribution in [2.45, 2.75) is 57.1 Å². The maximum absolute atomic E-state index is 13.2. The van der Waals surface area contributed by atoms with Crippen LogP contribution in [0.4, 0.5) is 10.7 Å². The van der Waals surface area contributed by atoms with Gasteiger partial charge in [-0.15, -0.1) is 23.1 Å². The maximum atomic E-state index is 13.2. The van der Waals surface area contributed by atoms with Crippen molar-refractivity contribution >= 4 is 51.6 Å². The second-order valence-electron chi connectivity index (χ2n) is 9.32. The summed E-state index contributed by atoms with van der Waals surface area (Å²) in [6.07, 6.45) is 2.75. The summed E-state index contributed by atoms with van der Waals surface area (Å²) in [7, 11) is 0. The van der Waals surface area contributed by atoms with Crippen molar-refractivity contribution in [2.75, 3.05) is 17.2 Å². The first-order chi connectivity index (χ1) is 17.8. The molecule has 4 rings (SSSR count). The number of aryl methyl sites for hydroxylation is 1. The molecule has 6 nitrogen and oxygen atoms in total. The molecule has 0 bridgehead atoms. The Morgan fingerprint density at radius 2 is 1.92 bits per heavy atom. The number of rotatable bonds is 8. The number of hydrogen-bond acceptors (Lipinski definition) is 6. The summed E-state index contributed by atoms with van der Waals surface area (Å²) in [5.74, 6) is -0.176. The molecule has 8 heteroatoms. The lowest BCUT2D eigenvalue weighted by atomic mass is 9.88. The summed E-state index contributed by atoms with van der Waals surface area (Å²) >= 11 is 2.89. The third-order valence-electron chi connectivity index (χ3n) is 6.39. The van der Waals surface area contributed by atoms with Gasteiger partial charge in [0, 0.05) is 21.0 Å². The highest BCUT2D eigenvalue weighted by Gasteiger charge is 2.30. The van der Waals surface area contributed by atoms with Gasteiger partial charge in [-0.2, -0.15) is 0 Å². The third-order valence-corrected chi connectivity index (χ3v) is 8.66. The molecule has 3 aromatic rings. The van der Waals surface area contributed by atoms with E-state index in [0.29, 0.717) is 27.7 Å². The van der Waals surface area contributed by atoms with E-state index >= 15 is 0 Å². The van der Waals surface area contributed by atoms with Gasteiger partial charge >= 0.3 is 5.97 Å². The first-order valence-corrected chi connectivity index (χ1v) is 14.2. The third kappa shape index (κ3) is 6.43. The van der Waals surface area contributed by atoms with Crippen molar-refractivity contribution in [3.05, 3.63) is 75.7 Å². The van der Waals surface area contributed by atoms with Gasteiger partial charge in [-0.3, -0.25) is 9.59 Å². The minimum absolute atomic E-state index is 0.173. The molecule has 2 amide bonds. The Hall–Kier alpha value is -3.10. The lowest BCUT2D eigenvalue weighted by Gasteiger charge is -2.18. The van der Waals surface area contributed by atoms with E-state index < -0.39 is 5.25 Å². The summed E-state index contributed by atoms with van der Waals surface area (Å²) in [6.45, 7) is 8.02. The molecule has 0 radical (unpaired) electrons. The average molecular weight is 537 g/mol. The van der Waals surface area contributed by atoms with E-state index in [4.69, 9.17) is 4.74 Å². The number of esters is 1. The first kappa shape index (κ1) is 26.9. The van der Waals surface area contributed by atoms with Crippen LogP contribution in [0, 0.1) is 12.8 Å². The Morgan fingerprint density at radius 1 is 1.14 bits per heavy atom. The molecular weight excluding hydrogens is 504 g/mol. The number of anilines is 2. The van der Waals surface area contributed by atoms with Gasteiger partial charge in [0.05, 0.1) is 17.4 Å². The molecule has 2 N–H and O–H groups in total. The van der Waals surface area contributed by atoms with Gasteiger partial charge in [0.15, 0.2) is 0 Å².